The van der Waals surface area contributed by atoms with Crippen LogP contribution in [0.3, 0.4) is 0 Å². The molecular weight excluding hydrogens is 214 g/mol. The second kappa shape index (κ2) is 10.1. The van der Waals surface area contributed by atoms with Gasteiger partial charge in [0.2, 0.25) is 0 Å². The lowest BCUT2D eigenvalue weighted by Gasteiger charge is -2.07. The van der Waals surface area contributed by atoms with Gasteiger partial charge < -0.3 is 14.8 Å². The third-order valence-electron chi connectivity index (χ3n) is 2.39. The third kappa shape index (κ3) is 7.77. The van der Waals surface area contributed by atoms with Crippen LogP contribution in [0.2, 0.25) is 0 Å². The van der Waals surface area contributed by atoms with Gasteiger partial charge in [0.05, 0.1) is 0 Å². The fraction of sp³-hybridized carbons (Fsp3) is 0.571. The molecule has 3 heteroatoms. The highest BCUT2D eigenvalue weighted by molar-refractivity contribution is 5.20. The predicted molar refractivity (Wildman–Crippen MR) is 70.5 cm³/mol. The summed E-state index contributed by atoms with van der Waals surface area (Å²) in [6, 6.07) is 9.90. The van der Waals surface area contributed by atoms with Crippen molar-refractivity contribution in [1.29, 1.82) is 0 Å². The third-order valence-corrected chi connectivity index (χ3v) is 2.39. The van der Waals surface area contributed by atoms with E-state index >= 15 is 0 Å². The van der Waals surface area contributed by atoms with E-state index in [0.717, 1.165) is 51.5 Å². The molecule has 0 radical (unpaired) electrons. The molecule has 0 aliphatic carbocycles. The number of rotatable bonds is 10. The first-order valence-corrected chi connectivity index (χ1v) is 6.40. The van der Waals surface area contributed by atoms with Crippen molar-refractivity contribution in [2.75, 3.05) is 32.9 Å². The molecule has 0 saturated heterocycles. The lowest BCUT2D eigenvalue weighted by Crippen LogP contribution is -2.22. The number of hydrogen-bond donors (Lipinski definition) is 1. The molecule has 0 heterocycles. The molecule has 0 spiro atoms. The van der Waals surface area contributed by atoms with Crippen molar-refractivity contribution in [3.8, 4) is 5.75 Å². The van der Waals surface area contributed by atoms with Crippen LogP contribution in [0.5, 0.6) is 5.75 Å². The average molecular weight is 237 g/mol. The summed E-state index contributed by atoms with van der Waals surface area (Å²) in [6.07, 6.45) is 2.28. The second-order valence-corrected chi connectivity index (χ2v) is 3.82. The number of ether oxygens (including phenoxy) is 2. The SMILES string of the molecule is CCOCCCCNCCOc1ccccc1. The van der Waals surface area contributed by atoms with Crippen molar-refractivity contribution < 1.29 is 9.47 Å². The standard InChI is InChI=1S/C14H23NO2/c1-2-16-12-7-6-10-15-11-13-17-14-8-4-3-5-9-14/h3-5,8-9,15H,2,6-7,10-13H2,1H3. The van der Waals surface area contributed by atoms with Crippen LogP contribution in [-0.2, 0) is 4.74 Å². The van der Waals surface area contributed by atoms with E-state index in [1.807, 2.05) is 37.3 Å². The second-order valence-electron chi connectivity index (χ2n) is 3.82. The topological polar surface area (TPSA) is 30.5 Å². The Kier molecular flexibility index (Phi) is 8.33. The van der Waals surface area contributed by atoms with Crippen LogP contribution in [-0.4, -0.2) is 32.9 Å². The Morgan fingerprint density at radius 1 is 1.00 bits per heavy atom. The van der Waals surface area contributed by atoms with E-state index in [1.54, 1.807) is 0 Å². The van der Waals surface area contributed by atoms with Crippen molar-refractivity contribution in [2.45, 2.75) is 19.8 Å². The van der Waals surface area contributed by atoms with Gasteiger partial charge in [-0.2, -0.15) is 0 Å². The van der Waals surface area contributed by atoms with Crippen molar-refractivity contribution in [2.24, 2.45) is 0 Å². The lowest BCUT2D eigenvalue weighted by atomic mass is 10.3. The quantitative estimate of drug-likeness (QED) is 0.634. The monoisotopic (exact) mass is 237 g/mol. The van der Waals surface area contributed by atoms with E-state index in [4.69, 9.17) is 9.47 Å². The van der Waals surface area contributed by atoms with Crippen LogP contribution < -0.4 is 10.1 Å². The van der Waals surface area contributed by atoms with Crippen molar-refractivity contribution >= 4 is 0 Å². The fourth-order valence-corrected chi connectivity index (χ4v) is 1.48. The maximum absolute atomic E-state index is 5.56. The van der Waals surface area contributed by atoms with Crippen LogP contribution in [0.4, 0.5) is 0 Å². The van der Waals surface area contributed by atoms with E-state index in [0.29, 0.717) is 0 Å². The molecule has 3 nitrogen and oxygen atoms in total. The zero-order valence-electron chi connectivity index (χ0n) is 10.7. The zero-order valence-corrected chi connectivity index (χ0v) is 10.7. The first-order chi connectivity index (χ1) is 8.43. The number of nitrogens with one attached hydrogen (secondary N) is 1. The summed E-state index contributed by atoms with van der Waals surface area (Å²) in [7, 11) is 0. The summed E-state index contributed by atoms with van der Waals surface area (Å²) in [4.78, 5) is 0. The summed E-state index contributed by atoms with van der Waals surface area (Å²) >= 11 is 0. The molecule has 0 saturated carbocycles. The molecule has 17 heavy (non-hydrogen) atoms. The molecule has 96 valence electrons. The number of para-hydroxylation sites is 1. The smallest absolute Gasteiger partial charge is 0.119 e. The minimum absolute atomic E-state index is 0.718. The van der Waals surface area contributed by atoms with Crippen molar-refractivity contribution in [3.05, 3.63) is 30.3 Å². The summed E-state index contributed by atoms with van der Waals surface area (Å²) in [5.41, 5.74) is 0. The minimum Gasteiger partial charge on any atom is -0.492 e. The Hall–Kier alpha value is -1.06. The molecule has 0 aliphatic heterocycles. The number of hydrogen-bond acceptors (Lipinski definition) is 3. The predicted octanol–water partition coefficient (Wildman–Crippen LogP) is 2.47. The molecule has 0 amide bonds. The maximum atomic E-state index is 5.56. The molecule has 0 fully saturated rings. The normalized spacial score (nSPS) is 10.4. The lowest BCUT2D eigenvalue weighted by molar-refractivity contribution is 0.143. The average Bonchev–Trinajstić information content (AvgIpc) is 2.38. The molecule has 1 rings (SSSR count). The molecule has 0 aliphatic rings. The summed E-state index contributed by atoms with van der Waals surface area (Å²) < 4.78 is 10.8. The van der Waals surface area contributed by atoms with Gasteiger partial charge in [-0.25, -0.2) is 0 Å². The van der Waals surface area contributed by atoms with E-state index in [-0.39, 0.29) is 0 Å². The van der Waals surface area contributed by atoms with Gasteiger partial charge in [0.15, 0.2) is 0 Å². The summed E-state index contributed by atoms with van der Waals surface area (Å²) in [5, 5.41) is 3.35. The van der Waals surface area contributed by atoms with Gasteiger partial charge >= 0.3 is 0 Å². The van der Waals surface area contributed by atoms with Gasteiger partial charge in [-0.1, -0.05) is 18.2 Å². The van der Waals surface area contributed by atoms with Crippen LogP contribution in [0.15, 0.2) is 30.3 Å². The summed E-state index contributed by atoms with van der Waals surface area (Å²) in [5.74, 6) is 0.936. The molecule has 1 N–H and O–H groups in total. The van der Waals surface area contributed by atoms with Crippen LogP contribution in [0.1, 0.15) is 19.8 Å². The van der Waals surface area contributed by atoms with Gasteiger partial charge in [-0.05, 0) is 38.4 Å². The van der Waals surface area contributed by atoms with Crippen LogP contribution >= 0.6 is 0 Å². The van der Waals surface area contributed by atoms with Gasteiger partial charge in [-0.15, -0.1) is 0 Å². The zero-order chi connectivity index (χ0) is 12.2. The first-order valence-electron chi connectivity index (χ1n) is 6.40. The minimum atomic E-state index is 0.718. The number of unbranched alkanes of at least 4 members (excludes halogenated alkanes) is 1. The highest BCUT2D eigenvalue weighted by Gasteiger charge is 1.92. The van der Waals surface area contributed by atoms with Crippen LogP contribution in [0.25, 0.3) is 0 Å². The Bertz CT molecular complexity index is 264. The van der Waals surface area contributed by atoms with Gasteiger partial charge in [-0.3, -0.25) is 0 Å². The Morgan fingerprint density at radius 3 is 2.59 bits per heavy atom. The first kappa shape index (κ1) is 14.0. The molecular formula is C14H23NO2. The molecule has 1 aromatic rings. The van der Waals surface area contributed by atoms with Gasteiger partial charge in [0, 0.05) is 19.8 Å². The Balaban J connectivity index is 1.85. The van der Waals surface area contributed by atoms with E-state index in [1.165, 1.54) is 0 Å². The maximum Gasteiger partial charge on any atom is 0.119 e. The highest BCUT2D eigenvalue weighted by Crippen LogP contribution is 2.07. The summed E-state index contributed by atoms with van der Waals surface area (Å²) in [6.45, 7) is 6.36. The molecule has 0 atom stereocenters. The van der Waals surface area contributed by atoms with Crippen LogP contribution in [0, 0.1) is 0 Å². The molecule has 0 bridgehead atoms. The molecule has 0 unspecified atom stereocenters. The number of benzene rings is 1. The molecule has 1 aromatic carbocycles. The Morgan fingerprint density at radius 2 is 1.82 bits per heavy atom. The van der Waals surface area contributed by atoms with E-state index < -0.39 is 0 Å². The van der Waals surface area contributed by atoms with E-state index in [2.05, 4.69) is 5.32 Å². The highest BCUT2D eigenvalue weighted by atomic mass is 16.5. The van der Waals surface area contributed by atoms with Crippen molar-refractivity contribution in [1.82, 2.24) is 5.32 Å². The van der Waals surface area contributed by atoms with E-state index in [9.17, 15) is 0 Å². The largest absolute Gasteiger partial charge is 0.492 e. The van der Waals surface area contributed by atoms with Crippen molar-refractivity contribution in [3.63, 3.8) is 0 Å². The molecule has 0 aromatic heterocycles. The van der Waals surface area contributed by atoms with Gasteiger partial charge in [0.1, 0.15) is 12.4 Å². The fourth-order valence-electron chi connectivity index (χ4n) is 1.48. The Labute approximate surface area is 104 Å². The van der Waals surface area contributed by atoms with Gasteiger partial charge in [0.25, 0.3) is 0 Å².